The maximum absolute atomic E-state index is 5.39. The van der Waals surface area contributed by atoms with E-state index in [0.29, 0.717) is 5.41 Å². The van der Waals surface area contributed by atoms with E-state index >= 15 is 0 Å². The Morgan fingerprint density at radius 3 is 2.27 bits per heavy atom. The molecule has 0 spiro atoms. The van der Waals surface area contributed by atoms with Gasteiger partial charge < -0.3 is 9.80 Å². The predicted molar refractivity (Wildman–Crippen MR) is 73.2 cm³/mol. The van der Waals surface area contributed by atoms with Gasteiger partial charge in [-0.2, -0.15) is 0 Å². The minimum absolute atomic E-state index is 0.338. The molecule has 1 aliphatic rings. The van der Waals surface area contributed by atoms with Crippen molar-refractivity contribution in [2.45, 2.75) is 34.1 Å². The molecule has 86 valence electrons. The van der Waals surface area contributed by atoms with Crippen LogP contribution >= 0.6 is 24.4 Å². The summed E-state index contributed by atoms with van der Waals surface area (Å²) in [5.74, 6) is 0. The molecule has 0 radical (unpaired) electrons. The third-order valence-electron chi connectivity index (χ3n) is 2.60. The molecule has 0 aromatic heterocycles. The summed E-state index contributed by atoms with van der Waals surface area (Å²) in [4.78, 5) is 5.24. The monoisotopic (exact) mass is 244 g/mol. The summed E-state index contributed by atoms with van der Waals surface area (Å²) >= 11 is 10.7. The smallest absolute Gasteiger partial charge is 0.176 e. The van der Waals surface area contributed by atoms with Gasteiger partial charge in [0.25, 0.3) is 0 Å². The van der Waals surface area contributed by atoms with Gasteiger partial charge in [0.2, 0.25) is 0 Å². The number of hydrogen-bond acceptors (Lipinski definition) is 2. The summed E-state index contributed by atoms with van der Waals surface area (Å²) in [5.41, 5.74) is 0.338. The minimum atomic E-state index is 0.338. The molecular formula is C11H20N2S2. The molecular weight excluding hydrogens is 224 g/mol. The Bertz CT molecular complexity index is 268. The van der Waals surface area contributed by atoms with E-state index in [0.717, 1.165) is 36.2 Å². The van der Waals surface area contributed by atoms with Crippen molar-refractivity contribution in [3.05, 3.63) is 0 Å². The van der Waals surface area contributed by atoms with Crippen LogP contribution < -0.4 is 0 Å². The van der Waals surface area contributed by atoms with E-state index in [1.54, 1.807) is 0 Å². The van der Waals surface area contributed by atoms with E-state index in [-0.39, 0.29) is 0 Å². The molecule has 0 atom stereocenters. The first-order chi connectivity index (χ1) is 6.85. The molecule has 1 fully saturated rings. The summed E-state index contributed by atoms with van der Waals surface area (Å²) in [7, 11) is 0. The zero-order valence-corrected chi connectivity index (χ0v) is 11.7. The SMILES string of the molecule is CCN1CC(=S)N(CCC(C)(C)C)C1=S. The number of rotatable bonds is 3. The number of hydrogen-bond donors (Lipinski definition) is 0. The van der Waals surface area contributed by atoms with Crippen LogP contribution in [0.15, 0.2) is 0 Å². The quantitative estimate of drug-likeness (QED) is 0.704. The van der Waals surface area contributed by atoms with Crippen LogP contribution in [0.2, 0.25) is 0 Å². The highest BCUT2D eigenvalue weighted by molar-refractivity contribution is 7.82. The van der Waals surface area contributed by atoms with Crippen LogP contribution in [-0.2, 0) is 0 Å². The zero-order chi connectivity index (χ0) is 11.6. The van der Waals surface area contributed by atoms with Gasteiger partial charge >= 0.3 is 0 Å². The third kappa shape index (κ3) is 3.38. The fourth-order valence-electron chi connectivity index (χ4n) is 1.51. The van der Waals surface area contributed by atoms with Gasteiger partial charge in [0.05, 0.1) is 6.54 Å². The second kappa shape index (κ2) is 4.74. The molecule has 0 saturated carbocycles. The van der Waals surface area contributed by atoms with Crippen LogP contribution in [0.5, 0.6) is 0 Å². The van der Waals surface area contributed by atoms with Crippen molar-refractivity contribution in [2.75, 3.05) is 19.6 Å². The maximum atomic E-state index is 5.39. The largest absolute Gasteiger partial charge is 0.342 e. The van der Waals surface area contributed by atoms with Crippen LogP contribution in [0.3, 0.4) is 0 Å². The van der Waals surface area contributed by atoms with Crippen LogP contribution in [0.25, 0.3) is 0 Å². The Morgan fingerprint density at radius 2 is 1.87 bits per heavy atom. The van der Waals surface area contributed by atoms with Gasteiger partial charge in [0, 0.05) is 13.1 Å². The van der Waals surface area contributed by atoms with Crippen molar-refractivity contribution in [1.82, 2.24) is 9.80 Å². The first-order valence-corrected chi connectivity index (χ1v) is 6.26. The Hall–Kier alpha value is -0.220. The molecule has 1 aliphatic heterocycles. The van der Waals surface area contributed by atoms with E-state index in [2.05, 4.69) is 37.5 Å². The molecule has 2 nitrogen and oxygen atoms in total. The van der Waals surface area contributed by atoms with Crippen LogP contribution in [0.4, 0.5) is 0 Å². The molecule has 0 N–H and O–H groups in total. The molecule has 15 heavy (non-hydrogen) atoms. The van der Waals surface area contributed by atoms with Gasteiger partial charge in [-0.05, 0) is 31.0 Å². The predicted octanol–water partition coefficient (Wildman–Crippen LogP) is 2.67. The first kappa shape index (κ1) is 12.8. The molecule has 4 heteroatoms. The van der Waals surface area contributed by atoms with Gasteiger partial charge in [0.15, 0.2) is 5.11 Å². The summed E-state index contributed by atoms with van der Waals surface area (Å²) in [6.45, 7) is 11.6. The van der Waals surface area contributed by atoms with Crippen molar-refractivity contribution < 1.29 is 0 Å². The van der Waals surface area contributed by atoms with Gasteiger partial charge in [0.1, 0.15) is 4.99 Å². The molecule has 0 aromatic carbocycles. The Kier molecular flexibility index (Phi) is 4.06. The molecule has 0 aromatic rings. The molecule has 1 saturated heterocycles. The molecule has 0 aliphatic carbocycles. The lowest BCUT2D eigenvalue weighted by molar-refractivity contribution is 0.348. The maximum Gasteiger partial charge on any atom is 0.176 e. The third-order valence-corrected chi connectivity index (χ3v) is 3.42. The molecule has 0 amide bonds. The fourth-order valence-corrected chi connectivity index (χ4v) is 2.29. The van der Waals surface area contributed by atoms with E-state index in [1.807, 2.05) is 0 Å². The number of thiocarbonyl (C=S) groups is 2. The van der Waals surface area contributed by atoms with Crippen molar-refractivity contribution in [3.8, 4) is 0 Å². The summed E-state index contributed by atoms with van der Waals surface area (Å²) < 4.78 is 0. The van der Waals surface area contributed by atoms with Gasteiger partial charge in [-0.15, -0.1) is 0 Å². The van der Waals surface area contributed by atoms with E-state index in [1.165, 1.54) is 0 Å². The topological polar surface area (TPSA) is 6.48 Å². The second-order valence-electron chi connectivity index (χ2n) is 5.15. The molecule has 1 rings (SSSR count). The minimum Gasteiger partial charge on any atom is -0.342 e. The lowest BCUT2D eigenvalue weighted by Gasteiger charge is -2.24. The zero-order valence-electron chi connectivity index (χ0n) is 10.0. The highest BCUT2D eigenvalue weighted by atomic mass is 32.1. The van der Waals surface area contributed by atoms with E-state index < -0.39 is 0 Å². The van der Waals surface area contributed by atoms with Gasteiger partial charge in [-0.3, -0.25) is 0 Å². The lowest BCUT2D eigenvalue weighted by atomic mass is 9.92. The van der Waals surface area contributed by atoms with Crippen molar-refractivity contribution in [1.29, 1.82) is 0 Å². The van der Waals surface area contributed by atoms with Gasteiger partial charge in [-0.25, -0.2) is 0 Å². The normalized spacial score (nSPS) is 17.9. The average Bonchev–Trinajstić information content (AvgIpc) is 2.37. The lowest BCUT2D eigenvalue weighted by Crippen LogP contribution is -2.34. The fraction of sp³-hybridized carbons (Fsp3) is 0.818. The van der Waals surface area contributed by atoms with Crippen molar-refractivity contribution >= 4 is 34.5 Å². The summed E-state index contributed by atoms with van der Waals surface area (Å²) in [6.07, 6.45) is 1.12. The first-order valence-electron chi connectivity index (χ1n) is 5.44. The average molecular weight is 244 g/mol. The summed E-state index contributed by atoms with van der Waals surface area (Å²) in [5, 5.41) is 0.909. The Morgan fingerprint density at radius 1 is 1.27 bits per heavy atom. The van der Waals surface area contributed by atoms with Gasteiger partial charge in [-0.1, -0.05) is 33.0 Å². The highest BCUT2D eigenvalue weighted by Gasteiger charge is 2.28. The van der Waals surface area contributed by atoms with E-state index in [4.69, 9.17) is 24.4 Å². The second-order valence-corrected chi connectivity index (χ2v) is 5.99. The number of likely N-dealkylation sites (N-methyl/N-ethyl adjacent to an activating group) is 1. The van der Waals surface area contributed by atoms with Crippen molar-refractivity contribution in [3.63, 3.8) is 0 Å². The Balaban J connectivity index is 2.56. The van der Waals surface area contributed by atoms with Crippen LogP contribution in [-0.4, -0.2) is 39.5 Å². The Labute approximate surface area is 104 Å². The molecule has 0 unspecified atom stereocenters. The van der Waals surface area contributed by atoms with Crippen LogP contribution in [0.1, 0.15) is 34.1 Å². The van der Waals surface area contributed by atoms with Crippen molar-refractivity contribution in [2.24, 2.45) is 5.41 Å². The molecule has 1 heterocycles. The van der Waals surface area contributed by atoms with E-state index in [9.17, 15) is 0 Å². The molecule has 0 bridgehead atoms. The number of nitrogens with zero attached hydrogens (tertiary/aromatic N) is 2. The highest BCUT2D eigenvalue weighted by Crippen LogP contribution is 2.21. The van der Waals surface area contributed by atoms with Crippen LogP contribution in [0, 0.1) is 5.41 Å². The summed E-state index contributed by atoms with van der Waals surface area (Å²) in [6, 6.07) is 0. The standard InChI is InChI=1S/C11H20N2S2/c1-5-12-8-9(14)13(10(12)15)7-6-11(2,3)4/h5-8H2,1-4H3.